The Labute approximate surface area is 225 Å². The van der Waals surface area contributed by atoms with Gasteiger partial charge in [0.25, 0.3) is 0 Å². The van der Waals surface area contributed by atoms with Crippen LogP contribution in [0.15, 0.2) is 60.7 Å². The Bertz CT molecular complexity index is 1220. The van der Waals surface area contributed by atoms with Gasteiger partial charge in [-0.15, -0.1) is 0 Å². The molecule has 0 unspecified atom stereocenters. The standard InChI is InChI=1S/C36H46O/c1-7-29-23-32(30-16-14-27(15-17-30)20-26(3)37)19-18-31(29)21-28-13-12-25(2)34(22-28)24-33-10-8-9-11-35(33)36(4,5)6/h8-13,18-19,22-23,27,30H,7,14-17,20-21,24H2,1-6H3. The van der Waals surface area contributed by atoms with Crippen LogP contribution in [0.2, 0.25) is 0 Å². The van der Waals surface area contributed by atoms with Crippen LogP contribution in [0.5, 0.6) is 0 Å². The highest BCUT2D eigenvalue weighted by Gasteiger charge is 2.24. The third-order valence-corrected chi connectivity index (χ3v) is 8.52. The van der Waals surface area contributed by atoms with Crippen molar-refractivity contribution in [2.24, 2.45) is 5.92 Å². The van der Waals surface area contributed by atoms with Crippen molar-refractivity contribution in [1.29, 1.82) is 0 Å². The number of Topliss-reactive ketones (excluding diaryl/α,β-unsaturated/α-hetero) is 1. The van der Waals surface area contributed by atoms with Gasteiger partial charge in [0, 0.05) is 6.42 Å². The molecule has 1 aliphatic rings. The average Bonchev–Trinajstić information content (AvgIpc) is 2.86. The topological polar surface area (TPSA) is 17.1 Å². The summed E-state index contributed by atoms with van der Waals surface area (Å²) in [5.74, 6) is 1.60. The number of aryl methyl sites for hydroxylation is 2. The van der Waals surface area contributed by atoms with Crippen LogP contribution in [0.4, 0.5) is 0 Å². The molecule has 1 nitrogen and oxygen atoms in total. The van der Waals surface area contributed by atoms with Crippen molar-refractivity contribution in [2.75, 3.05) is 0 Å². The lowest BCUT2D eigenvalue weighted by molar-refractivity contribution is -0.118. The lowest BCUT2D eigenvalue weighted by Gasteiger charge is -2.29. The second kappa shape index (κ2) is 11.8. The summed E-state index contributed by atoms with van der Waals surface area (Å²) >= 11 is 0. The van der Waals surface area contributed by atoms with Crippen molar-refractivity contribution in [3.05, 3.63) is 105 Å². The van der Waals surface area contributed by atoms with Crippen LogP contribution >= 0.6 is 0 Å². The molecule has 4 rings (SSSR count). The molecule has 0 spiro atoms. The van der Waals surface area contributed by atoms with Gasteiger partial charge in [0.05, 0.1) is 0 Å². The number of carbonyl (C=O) groups excluding carboxylic acids is 1. The summed E-state index contributed by atoms with van der Waals surface area (Å²) in [6.45, 7) is 13.2. The predicted octanol–water partition coefficient (Wildman–Crippen LogP) is 9.29. The third-order valence-electron chi connectivity index (χ3n) is 8.52. The molecule has 37 heavy (non-hydrogen) atoms. The van der Waals surface area contributed by atoms with Crippen LogP contribution in [-0.2, 0) is 29.5 Å². The molecule has 1 aliphatic carbocycles. The van der Waals surface area contributed by atoms with E-state index in [-0.39, 0.29) is 5.41 Å². The van der Waals surface area contributed by atoms with E-state index in [9.17, 15) is 4.79 Å². The molecular weight excluding hydrogens is 448 g/mol. The molecule has 3 aromatic carbocycles. The summed E-state index contributed by atoms with van der Waals surface area (Å²) in [6, 6.07) is 23.3. The molecule has 0 radical (unpaired) electrons. The van der Waals surface area contributed by atoms with Crippen LogP contribution in [-0.4, -0.2) is 5.78 Å². The van der Waals surface area contributed by atoms with E-state index in [2.05, 4.69) is 95.3 Å². The molecule has 0 amide bonds. The Morgan fingerprint density at radius 3 is 2.22 bits per heavy atom. The van der Waals surface area contributed by atoms with Gasteiger partial charge in [0.15, 0.2) is 0 Å². The first-order valence-electron chi connectivity index (χ1n) is 14.4. The van der Waals surface area contributed by atoms with Gasteiger partial charge in [-0.2, -0.15) is 0 Å². The van der Waals surface area contributed by atoms with E-state index in [0.29, 0.717) is 17.6 Å². The van der Waals surface area contributed by atoms with Gasteiger partial charge in [0.1, 0.15) is 5.78 Å². The quantitative estimate of drug-likeness (QED) is 0.305. The minimum absolute atomic E-state index is 0.145. The lowest BCUT2D eigenvalue weighted by atomic mass is 9.76. The van der Waals surface area contributed by atoms with Crippen molar-refractivity contribution >= 4 is 5.78 Å². The summed E-state index contributed by atoms with van der Waals surface area (Å²) in [6.07, 6.45) is 8.64. The summed E-state index contributed by atoms with van der Waals surface area (Å²) in [7, 11) is 0. The fraction of sp³-hybridized carbons (Fsp3) is 0.472. The normalized spacial score (nSPS) is 18.1. The van der Waals surface area contributed by atoms with Crippen molar-refractivity contribution in [2.45, 2.75) is 104 Å². The van der Waals surface area contributed by atoms with E-state index in [1.165, 1.54) is 70.2 Å². The number of hydrogen-bond acceptors (Lipinski definition) is 1. The van der Waals surface area contributed by atoms with Gasteiger partial charge in [-0.05, 0) is 121 Å². The Morgan fingerprint density at radius 2 is 1.54 bits per heavy atom. The number of ketones is 1. The Morgan fingerprint density at radius 1 is 0.811 bits per heavy atom. The van der Waals surface area contributed by atoms with E-state index in [1.807, 2.05) is 0 Å². The largest absolute Gasteiger partial charge is 0.300 e. The molecule has 0 saturated heterocycles. The first kappa shape index (κ1) is 27.4. The van der Waals surface area contributed by atoms with Gasteiger partial charge in [-0.1, -0.05) is 88.4 Å². The van der Waals surface area contributed by atoms with Crippen LogP contribution in [0.25, 0.3) is 0 Å². The lowest BCUT2D eigenvalue weighted by Crippen LogP contribution is -2.15. The van der Waals surface area contributed by atoms with Crippen molar-refractivity contribution in [3.63, 3.8) is 0 Å². The van der Waals surface area contributed by atoms with E-state index in [4.69, 9.17) is 0 Å². The van der Waals surface area contributed by atoms with E-state index >= 15 is 0 Å². The van der Waals surface area contributed by atoms with Gasteiger partial charge >= 0.3 is 0 Å². The molecule has 3 aromatic rings. The van der Waals surface area contributed by atoms with Crippen LogP contribution in [0, 0.1) is 12.8 Å². The molecule has 1 fully saturated rings. The maximum atomic E-state index is 11.5. The fourth-order valence-corrected chi connectivity index (χ4v) is 6.36. The molecule has 0 bridgehead atoms. The first-order valence-corrected chi connectivity index (χ1v) is 14.4. The van der Waals surface area contributed by atoms with Crippen LogP contribution < -0.4 is 0 Å². The Hall–Kier alpha value is -2.67. The van der Waals surface area contributed by atoms with Crippen molar-refractivity contribution < 1.29 is 4.79 Å². The maximum Gasteiger partial charge on any atom is 0.130 e. The third kappa shape index (κ3) is 7.01. The molecule has 0 aromatic heterocycles. The number of hydrogen-bond donors (Lipinski definition) is 0. The van der Waals surface area contributed by atoms with Gasteiger partial charge < -0.3 is 4.79 Å². The molecule has 0 atom stereocenters. The highest BCUT2D eigenvalue weighted by Crippen LogP contribution is 2.38. The molecule has 1 saturated carbocycles. The smallest absolute Gasteiger partial charge is 0.130 e. The number of rotatable bonds is 8. The fourth-order valence-electron chi connectivity index (χ4n) is 6.36. The summed E-state index contributed by atoms with van der Waals surface area (Å²) < 4.78 is 0. The molecule has 0 N–H and O–H groups in total. The summed E-state index contributed by atoms with van der Waals surface area (Å²) in [5, 5.41) is 0. The van der Waals surface area contributed by atoms with Gasteiger partial charge in [-0.3, -0.25) is 0 Å². The zero-order valence-corrected chi connectivity index (χ0v) is 24.0. The first-order chi connectivity index (χ1) is 17.6. The minimum Gasteiger partial charge on any atom is -0.300 e. The Balaban J connectivity index is 1.50. The highest BCUT2D eigenvalue weighted by molar-refractivity contribution is 5.75. The van der Waals surface area contributed by atoms with Crippen molar-refractivity contribution in [1.82, 2.24) is 0 Å². The second-order valence-electron chi connectivity index (χ2n) is 12.5. The number of carbonyl (C=O) groups is 1. The predicted molar refractivity (Wildman–Crippen MR) is 158 cm³/mol. The zero-order valence-electron chi connectivity index (χ0n) is 24.0. The number of benzene rings is 3. The zero-order chi connectivity index (χ0) is 26.6. The minimum atomic E-state index is 0.145. The SMILES string of the molecule is CCc1cc(C2CCC(CC(C)=O)CC2)ccc1Cc1ccc(C)c(Cc2ccccc2C(C)(C)C)c1. The molecule has 0 aliphatic heterocycles. The average molecular weight is 495 g/mol. The van der Waals surface area contributed by atoms with Crippen molar-refractivity contribution in [3.8, 4) is 0 Å². The van der Waals surface area contributed by atoms with E-state index in [1.54, 1.807) is 6.92 Å². The molecule has 0 heterocycles. The highest BCUT2D eigenvalue weighted by atomic mass is 16.1. The summed E-state index contributed by atoms with van der Waals surface area (Å²) in [4.78, 5) is 11.5. The van der Waals surface area contributed by atoms with Crippen LogP contribution in [0.3, 0.4) is 0 Å². The summed E-state index contributed by atoms with van der Waals surface area (Å²) in [5.41, 5.74) is 11.7. The monoisotopic (exact) mass is 494 g/mol. The van der Waals surface area contributed by atoms with E-state index in [0.717, 1.165) is 25.7 Å². The second-order valence-corrected chi connectivity index (χ2v) is 12.5. The molecular formula is C36H46O. The van der Waals surface area contributed by atoms with Crippen LogP contribution in [0.1, 0.15) is 117 Å². The van der Waals surface area contributed by atoms with Gasteiger partial charge in [0.2, 0.25) is 0 Å². The van der Waals surface area contributed by atoms with Gasteiger partial charge in [-0.25, -0.2) is 0 Å². The molecule has 196 valence electrons. The Kier molecular flexibility index (Phi) is 8.73. The maximum absolute atomic E-state index is 11.5. The molecule has 1 heteroatoms. The van der Waals surface area contributed by atoms with E-state index < -0.39 is 0 Å².